The van der Waals surface area contributed by atoms with E-state index in [0.29, 0.717) is 0 Å². The maximum absolute atomic E-state index is 5.55. The van der Waals surface area contributed by atoms with Gasteiger partial charge >= 0.3 is 0 Å². The standard InChI is InChI=1S/C16H20N2O/c1-3-11-19-16-9-7-14(8-10-16)17-12-15-6-4-5-13(2)18-15/h4-10,17H,3,11-12H2,1-2H3. The van der Waals surface area contributed by atoms with E-state index in [-0.39, 0.29) is 0 Å². The smallest absolute Gasteiger partial charge is 0.119 e. The third kappa shape index (κ3) is 4.28. The molecular weight excluding hydrogens is 236 g/mol. The Labute approximate surface area is 114 Å². The van der Waals surface area contributed by atoms with Gasteiger partial charge in [-0.3, -0.25) is 4.98 Å². The highest BCUT2D eigenvalue weighted by atomic mass is 16.5. The van der Waals surface area contributed by atoms with E-state index in [0.717, 1.165) is 42.4 Å². The first-order chi connectivity index (χ1) is 9.28. The number of ether oxygens (including phenoxy) is 1. The van der Waals surface area contributed by atoms with Gasteiger partial charge < -0.3 is 10.1 Å². The highest BCUT2D eigenvalue weighted by molar-refractivity contribution is 5.46. The van der Waals surface area contributed by atoms with Crippen LogP contribution in [0.2, 0.25) is 0 Å². The summed E-state index contributed by atoms with van der Waals surface area (Å²) < 4.78 is 5.55. The lowest BCUT2D eigenvalue weighted by Gasteiger charge is -2.08. The Hall–Kier alpha value is -2.03. The molecule has 100 valence electrons. The van der Waals surface area contributed by atoms with Crippen molar-refractivity contribution >= 4 is 5.69 Å². The quantitative estimate of drug-likeness (QED) is 0.853. The average molecular weight is 256 g/mol. The topological polar surface area (TPSA) is 34.1 Å². The fraction of sp³-hybridized carbons (Fsp3) is 0.312. The molecule has 1 heterocycles. The van der Waals surface area contributed by atoms with Crippen molar-refractivity contribution in [2.75, 3.05) is 11.9 Å². The van der Waals surface area contributed by atoms with E-state index >= 15 is 0 Å². The zero-order valence-electron chi connectivity index (χ0n) is 11.5. The molecule has 0 saturated heterocycles. The molecule has 0 fully saturated rings. The SMILES string of the molecule is CCCOc1ccc(NCc2cccc(C)n2)cc1. The van der Waals surface area contributed by atoms with E-state index in [1.54, 1.807) is 0 Å². The van der Waals surface area contributed by atoms with Gasteiger partial charge in [0.15, 0.2) is 0 Å². The van der Waals surface area contributed by atoms with E-state index in [4.69, 9.17) is 4.74 Å². The minimum atomic E-state index is 0.733. The van der Waals surface area contributed by atoms with E-state index in [9.17, 15) is 0 Å². The number of anilines is 1. The molecule has 19 heavy (non-hydrogen) atoms. The number of aromatic nitrogens is 1. The molecule has 3 heteroatoms. The number of pyridine rings is 1. The molecule has 0 saturated carbocycles. The molecule has 0 aliphatic rings. The van der Waals surface area contributed by atoms with Gasteiger partial charge in [-0.15, -0.1) is 0 Å². The van der Waals surface area contributed by atoms with Crippen molar-refractivity contribution in [2.24, 2.45) is 0 Å². The predicted molar refractivity (Wildman–Crippen MR) is 78.5 cm³/mol. The molecule has 1 N–H and O–H groups in total. The van der Waals surface area contributed by atoms with Gasteiger partial charge in [0.1, 0.15) is 5.75 Å². The lowest BCUT2D eigenvalue weighted by atomic mass is 10.2. The second-order valence-electron chi connectivity index (χ2n) is 4.50. The van der Waals surface area contributed by atoms with Crippen LogP contribution in [0.3, 0.4) is 0 Å². The van der Waals surface area contributed by atoms with Gasteiger partial charge in [0.25, 0.3) is 0 Å². The van der Waals surface area contributed by atoms with Gasteiger partial charge in [0, 0.05) is 11.4 Å². The van der Waals surface area contributed by atoms with Gasteiger partial charge in [0.05, 0.1) is 18.8 Å². The van der Waals surface area contributed by atoms with E-state index in [1.807, 2.05) is 49.4 Å². The lowest BCUT2D eigenvalue weighted by Crippen LogP contribution is -2.02. The first-order valence-corrected chi connectivity index (χ1v) is 6.67. The molecule has 0 unspecified atom stereocenters. The Morgan fingerprint density at radius 1 is 1.11 bits per heavy atom. The first kappa shape index (κ1) is 13.4. The normalized spacial score (nSPS) is 10.2. The molecule has 0 bridgehead atoms. The Bertz CT molecular complexity index is 508. The van der Waals surface area contributed by atoms with Crippen molar-refractivity contribution in [3.63, 3.8) is 0 Å². The van der Waals surface area contributed by atoms with Crippen LogP contribution in [0.1, 0.15) is 24.7 Å². The van der Waals surface area contributed by atoms with Crippen LogP contribution < -0.4 is 10.1 Å². The van der Waals surface area contributed by atoms with Crippen LogP contribution in [0.4, 0.5) is 5.69 Å². The minimum absolute atomic E-state index is 0.733. The van der Waals surface area contributed by atoms with Crippen LogP contribution >= 0.6 is 0 Å². The Morgan fingerprint density at radius 2 is 1.89 bits per heavy atom. The summed E-state index contributed by atoms with van der Waals surface area (Å²) in [6, 6.07) is 14.1. The number of rotatable bonds is 6. The minimum Gasteiger partial charge on any atom is -0.494 e. The van der Waals surface area contributed by atoms with Gasteiger partial charge in [-0.05, 0) is 49.7 Å². The van der Waals surface area contributed by atoms with Crippen LogP contribution in [0.25, 0.3) is 0 Å². The highest BCUT2D eigenvalue weighted by Gasteiger charge is 1.97. The zero-order valence-corrected chi connectivity index (χ0v) is 11.5. The Kier molecular flexibility index (Phi) is 4.78. The molecule has 0 radical (unpaired) electrons. The third-order valence-electron chi connectivity index (χ3n) is 2.75. The molecule has 1 aromatic heterocycles. The molecule has 3 nitrogen and oxygen atoms in total. The molecular formula is C16H20N2O. The number of benzene rings is 1. The summed E-state index contributed by atoms with van der Waals surface area (Å²) in [6.45, 7) is 5.60. The zero-order chi connectivity index (χ0) is 13.5. The molecule has 1 aromatic carbocycles. The van der Waals surface area contributed by atoms with Crippen molar-refractivity contribution < 1.29 is 4.74 Å². The van der Waals surface area contributed by atoms with Crippen LogP contribution in [0.5, 0.6) is 5.75 Å². The third-order valence-corrected chi connectivity index (χ3v) is 2.75. The van der Waals surface area contributed by atoms with Crippen LogP contribution in [0.15, 0.2) is 42.5 Å². The Morgan fingerprint density at radius 3 is 2.58 bits per heavy atom. The maximum atomic E-state index is 5.55. The van der Waals surface area contributed by atoms with Crippen molar-refractivity contribution in [3.8, 4) is 5.75 Å². The molecule has 0 atom stereocenters. The molecule has 2 rings (SSSR count). The Balaban J connectivity index is 1.89. The first-order valence-electron chi connectivity index (χ1n) is 6.67. The number of hydrogen-bond acceptors (Lipinski definition) is 3. The highest BCUT2D eigenvalue weighted by Crippen LogP contribution is 2.16. The number of nitrogens with one attached hydrogen (secondary N) is 1. The van der Waals surface area contributed by atoms with E-state index < -0.39 is 0 Å². The van der Waals surface area contributed by atoms with Crippen LogP contribution in [-0.4, -0.2) is 11.6 Å². The summed E-state index contributed by atoms with van der Waals surface area (Å²) in [4.78, 5) is 4.46. The summed E-state index contributed by atoms with van der Waals surface area (Å²) >= 11 is 0. The molecule has 2 aromatic rings. The molecule has 0 amide bonds. The van der Waals surface area contributed by atoms with Crippen molar-refractivity contribution in [2.45, 2.75) is 26.8 Å². The van der Waals surface area contributed by atoms with E-state index in [1.165, 1.54) is 0 Å². The maximum Gasteiger partial charge on any atom is 0.119 e. The van der Waals surface area contributed by atoms with Crippen molar-refractivity contribution in [1.82, 2.24) is 4.98 Å². The van der Waals surface area contributed by atoms with Crippen LogP contribution in [0, 0.1) is 6.92 Å². The summed E-state index contributed by atoms with van der Waals surface area (Å²) in [5.41, 5.74) is 3.17. The van der Waals surface area contributed by atoms with Gasteiger partial charge in [-0.2, -0.15) is 0 Å². The second kappa shape index (κ2) is 6.78. The molecule has 0 aliphatic heterocycles. The van der Waals surface area contributed by atoms with Crippen LogP contribution in [-0.2, 0) is 6.54 Å². The van der Waals surface area contributed by atoms with Crippen molar-refractivity contribution in [3.05, 3.63) is 53.9 Å². The lowest BCUT2D eigenvalue weighted by molar-refractivity contribution is 0.317. The van der Waals surface area contributed by atoms with E-state index in [2.05, 4.69) is 17.2 Å². The van der Waals surface area contributed by atoms with Gasteiger partial charge in [-0.25, -0.2) is 0 Å². The summed E-state index contributed by atoms with van der Waals surface area (Å²) in [6.07, 6.45) is 1.03. The fourth-order valence-electron chi connectivity index (χ4n) is 1.78. The van der Waals surface area contributed by atoms with Gasteiger partial charge in [0.2, 0.25) is 0 Å². The van der Waals surface area contributed by atoms with Gasteiger partial charge in [-0.1, -0.05) is 13.0 Å². The summed E-state index contributed by atoms with van der Waals surface area (Å²) in [5.74, 6) is 0.918. The second-order valence-corrected chi connectivity index (χ2v) is 4.50. The fourth-order valence-corrected chi connectivity index (χ4v) is 1.78. The summed E-state index contributed by atoms with van der Waals surface area (Å²) in [5, 5.41) is 3.35. The predicted octanol–water partition coefficient (Wildman–Crippen LogP) is 3.79. The van der Waals surface area contributed by atoms with Crippen molar-refractivity contribution in [1.29, 1.82) is 0 Å². The largest absolute Gasteiger partial charge is 0.494 e. The number of aryl methyl sites for hydroxylation is 1. The molecule has 0 aliphatic carbocycles. The number of hydrogen-bond donors (Lipinski definition) is 1. The monoisotopic (exact) mass is 256 g/mol. The average Bonchev–Trinajstić information content (AvgIpc) is 2.44. The molecule has 0 spiro atoms. The number of nitrogens with zero attached hydrogens (tertiary/aromatic N) is 1. The summed E-state index contributed by atoms with van der Waals surface area (Å²) in [7, 11) is 0.